The number of thioether (sulfide) groups is 1. The highest BCUT2D eigenvalue weighted by molar-refractivity contribution is 7.99. The highest BCUT2D eigenvalue weighted by Crippen LogP contribution is 2.26. The van der Waals surface area contributed by atoms with Gasteiger partial charge in [-0.25, -0.2) is 0 Å². The molecule has 0 aliphatic heterocycles. The molecular weight excluding hydrogens is 462 g/mol. The first-order valence-electron chi connectivity index (χ1n) is 12.0. The second-order valence-electron chi connectivity index (χ2n) is 9.06. The molecule has 2 aromatic carbocycles. The molecule has 182 valence electrons. The lowest BCUT2D eigenvalue weighted by Gasteiger charge is -2.29. The Kier molecular flexibility index (Phi) is 6.77. The van der Waals surface area contributed by atoms with Crippen LogP contribution in [0.2, 0.25) is 0 Å². The van der Waals surface area contributed by atoms with Gasteiger partial charge in [-0.2, -0.15) is 0 Å². The minimum atomic E-state index is -0.146. The van der Waals surface area contributed by atoms with Crippen LogP contribution in [0.4, 0.5) is 0 Å². The molecule has 0 radical (unpaired) electrons. The zero-order valence-electron chi connectivity index (χ0n) is 19.9. The molecule has 1 fully saturated rings. The van der Waals surface area contributed by atoms with Gasteiger partial charge in [0, 0.05) is 11.6 Å². The lowest BCUT2D eigenvalue weighted by atomic mass is 9.86. The molecule has 2 atom stereocenters. The number of carbonyl (C=O) groups excluding carboxylic acids is 1. The number of fused-ring (bicyclic) bond motifs is 3. The quantitative estimate of drug-likeness (QED) is 0.395. The van der Waals surface area contributed by atoms with Gasteiger partial charge in [0.05, 0.1) is 30.3 Å². The van der Waals surface area contributed by atoms with Gasteiger partial charge in [-0.05, 0) is 37.0 Å². The number of amides is 1. The number of methoxy groups -OCH3 is 1. The highest BCUT2D eigenvalue weighted by Gasteiger charge is 2.23. The van der Waals surface area contributed by atoms with Gasteiger partial charge in [-0.15, -0.1) is 10.2 Å². The number of ether oxygens (including phenoxy) is 1. The summed E-state index contributed by atoms with van der Waals surface area (Å²) in [6.07, 6.45) is 4.58. The van der Waals surface area contributed by atoms with Crippen LogP contribution in [-0.4, -0.2) is 44.0 Å². The van der Waals surface area contributed by atoms with E-state index < -0.39 is 0 Å². The SMILES string of the molecule is COc1ccccc1Cn1c(=O)c2ccccc2n2c(SCC(=O)NC3CCCCC3C)nnc12. The van der Waals surface area contributed by atoms with E-state index in [9.17, 15) is 9.59 Å². The van der Waals surface area contributed by atoms with Crippen molar-refractivity contribution in [1.82, 2.24) is 24.5 Å². The van der Waals surface area contributed by atoms with Crippen LogP contribution in [0.5, 0.6) is 5.75 Å². The van der Waals surface area contributed by atoms with E-state index in [2.05, 4.69) is 22.4 Å². The van der Waals surface area contributed by atoms with E-state index in [0.29, 0.717) is 34.5 Å². The third-order valence-electron chi connectivity index (χ3n) is 6.79. The minimum Gasteiger partial charge on any atom is -0.496 e. The molecule has 0 bridgehead atoms. The van der Waals surface area contributed by atoms with Gasteiger partial charge >= 0.3 is 0 Å². The highest BCUT2D eigenvalue weighted by atomic mass is 32.2. The molecule has 1 saturated carbocycles. The van der Waals surface area contributed by atoms with Crippen LogP contribution in [0, 0.1) is 5.92 Å². The summed E-state index contributed by atoms with van der Waals surface area (Å²) in [7, 11) is 1.61. The Morgan fingerprint density at radius 3 is 2.71 bits per heavy atom. The lowest BCUT2D eigenvalue weighted by Crippen LogP contribution is -2.41. The molecule has 2 aromatic heterocycles. The molecular formula is C26H29N5O3S. The summed E-state index contributed by atoms with van der Waals surface area (Å²) in [4.78, 5) is 26.2. The largest absolute Gasteiger partial charge is 0.496 e. The predicted octanol–water partition coefficient (Wildman–Crippen LogP) is 3.89. The van der Waals surface area contributed by atoms with Gasteiger partial charge in [-0.1, -0.05) is 61.9 Å². The summed E-state index contributed by atoms with van der Waals surface area (Å²) in [6, 6.07) is 15.3. The Balaban J connectivity index is 1.48. The van der Waals surface area contributed by atoms with Crippen molar-refractivity contribution in [2.24, 2.45) is 5.92 Å². The van der Waals surface area contributed by atoms with Crippen LogP contribution in [0.15, 0.2) is 58.5 Å². The summed E-state index contributed by atoms with van der Waals surface area (Å²) < 4.78 is 8.97. The van der Waals surface area contributed by atoms with Gasteiger partial charge < -0.3 is 10.1 Å². The summed E-state index contributed by atoms with van der Waals surface area (Å²) in [5.41, 5.74) is 1.44. The van der Waals surface area contributed by atoms with Gasteiger partial charge in [0.25, 0.3) is 5.56 Å². The Hall–Kier alpha value is -3.33. The number of hydrogen-bond donors (Lipinski definition) is 1. The van der Waals surface area contributed by atoms with Crippen molar-refractivity contribution >= 4 is 34.3 Å². The van der Waals surface area contributed by atoms with Gasteiger partial charge in [-0.3, -0.25) is 18.6 Å². The van der Waals surface area contributed by atoms with E-state index in [4.69, 9.17) is 4.74 Å². The number of rotatable bonds is 7. The van der Waals surface area contributed by atoms with Gasteiger partial charge in [0.1, 0.15) is 5.75 Å². The van der Waals surface area contributed by atoms with E-state index >= 15 is 0 Å². The van der Waals surface area contributed by atoms with Crippen molar-refractivity contribution in [3.63, 3.8) is 0 Å². The third kappa shape index (κ3) is 4.65. The van der Waals surface area contributed by atoms with Crippen LogP contribution in [0.1, 0.15) is 38.2 Å². The van der Waals surface area contributed by atoms with Crippen molar-refractivity contribution < 1.29 is 9.53 Å². The van der Waals surface area contributed by atoms with E-state index in [0.717, 1.165) is 30.3 Å². The monoisotopic (exact) mass is 491 g/mol. The zero-order chi connectivity index (χ0) is 24.4. The summed E-state index contributed by atoms with van der Waals surface area (Å²) in [5, 5.41) is 13.1. The number of aromatic nitrogens is 4. The Morgan fingerprint density at radius 2 is 1.89 bits per heavy atom. The Labute approximate surface area is 207 Å². The average Bonchev–Trinajstić information content (AvgIpc) is 3.31. The molecule has 2 unspecified atom stereocenters. The summed E-state index contributed by atoms with van der Waals surface area (Å²) >= 11 is 1.34. The maximum atomic E-state index is 13.4. The molecule has 0 saturated heterocycles. The lowest BCUT2D eigenvalue weighted by molar-refractivity contribution is -0.119. The first kappa shape index (κ1) is 23.4. The molecule has 35 heavy (non-hydrogen) atoms. The molecule has 2 heterocycles. The molecule has 0 spiro atoms. The second-order valence-corrected chi connectivity index (χ2v) is 10.0. The van der Waals surface area contributed by atoms with E-state index in [1.54, 1.807) is 17.7 Å². The van der Waals surface area contributed by atoms with E-state index in [-0.39, 0.29) is 23.3 Å². The van der Waals surface area contributed by atoms with Crippen LogP contribution in [0.3, 0.4) is 0 Å². The molecule has 4 aromatic rings. The van der Waals surface area contributed by atoms with Crippen molar-refractivity contribution in [2.45, 2.75) is 50.4 Å². The minimum absolute atomic E-state index is 0.00264. The van der Waals surface area contributed by atoms with E-state index in [1.807, 2.05) is 46.9 Å². The molecule has 8 nitrogen and oxygen atoms in total. The fourth-order valence-corrected chi connectivity index (χ4v) is 5.63. The first-order chi connectivity index (χ1) is 17.1. The normalized spacial score (nSPS) is 18.1. The summed E-state index contributed by atoms with van der Waals surface area (Å²) in [6.45, 7) is 2.50. The third-order valence-corrected chi connectivity index (χ3v) is 7.72. The van der Waals surface area contributed by atoms with Crippen molar-refractivity contribution in [1.29, 1.82) is 0 Å². The Bertz CT molecular complexity index is 1430. The molecule has 1 aliphatic carbocycles. The second kappa shape index (κ2) is 10.1. The maximum absolute atomic E-state index is 13.4. The average molecular weight is 492 g/mol. The molecule has 1 aliphatic rings. The molecule has 5 rings (SSSR count). The molecule has 1 amide bonds. The van der Waals surface area contributed by atoms with Crippen LogP contribution >= 0.6 is 11.8 Å². The number of hydrogen-bond acceptors (Lipinski definition) is 6. The van der Waals surface area contributed by atoms with Crippen molar-refractivity contribution in [2.75, 3.05) is 12.9 Å². The fourth-order valence-electron chi connectivity index (χ4n) is 4.88. The molecule has 9 heteroatoms. The van der Waals surface area contributed by atoms with E-state index in [1.165, 1.54) is 18.2 Å². The smallest absolute Gasteiger partial charge is 0.263 e. The van der Waals surface area contributed by atoms with Crippen LogP contribution < -0.4 is 15.6 Å². The molecule has 1 N–H and O–H groups in total. The number of para-hydroxylation sites is 2. The van der Waals surface area contributed by atoms with Crippen molar-refractivity contribution in [3.05, 3.63) is 64.4 Å². The fraction of sp³-hybridized carbons (Fsp3) is 0.385. The number of benzene rings is 2. The van der Waals surface area contributed by atoms with Gasteiger partial charge in [0.2, 0.25) is 11.7 Å². The zero-order valence-corrected chi connectivity index (χ0v) is 20.8. The topological polar surface area (TPSA) is 90.5 Å². The van der Waals surface area contributed by atoms with Crippen LogP contribution in [-0.2, 0) is 11.3 Å². The predicted molar refractivity (Wildman–Crippen MR) is 137 cm³/mol. The van der Waals surface area contributed by atoms with Crippen LogP contribution in [0.25, 0.3) is 16.7 Å². The maximum Gasteiger partial charge on any atom is 0.263 e. The standard InChI is InChI=1S/C26H29N5O3S/c1-17-9-3-6-12-20(17)27-23(32)16-35-26-29-28-25-30(15-18-10-4-8-14-22(18)34-2)24(33)19-11-5-7-13-21(19)31(25)26/h4-5,7-8,10-11,13-14,17,20H,3,6,9,12,15-16H2,1-2H3,(H,27,32). The number of carbonyl (C=O) groups is 1. The summed E-state index contributed by atoms with van der Waals surface area (Å²) in [5.74, 6) is 1.87. The first-order valence-corrected chi connectivity index (χ1v) is 13.0. The van der Waals surface area contributed by atoms with Gasteiger partial charge in [0.15, 0.2) is 5.16 Å². The van der Waals surface area contributed by atoms with Crippen molar-refractivity contribution in [3.8, 4) is 5.75 Å². The number of nitrogens with zero attached hydrogens (tertiary/aromatic N) is 4. The number of nitrogens with one attached hydrogen (secondary N) is 1. The Morgan fingerprint density at radius 1 is 1.11 bits per heavy atom.